The van der Waals surface area contributed by atoms with Crippen LogP contribution >= 0.6 is 0 Å². The highest BCUT2D eigenvalue weighted by Crippen LogP contribution is 2.15. The Kier molecular flexibility index (Phi) is 4.80. The maximum atomic E-state index is 11.7. The minimum absolute atomic E-state index is 0.0335. The summed E-state index contributed by atoms with van der Waals surface area (Å²) < 4.78 is 24.7. The molecule has 0 unspecified atom stereocenters. The molecule has 0 heterocycles. The van der Waals surface area contributed by atoms with Gasteiger partial charge in [0.05, 0.1) is 10.7 Å². The molecule has 0 aliphatic carbocycles. The van der Waals surface area contributed by atoms with Gasteiger partial charge in [-0.15, -0.1) is 0 Å². The fourth-order valence-corrected chi connectivity index (χ4v) is 2.71. The predicted molar refractivity (Wildman–Crippen MR) is 68.6 cm³/mol. The molecule has 0 spiro atoms. The maximum absolute atomic E-state index is 11.7. The lowest BCUT2D eigenvalue weighted by Gasteiger charge is -2.16. The van der Waals surface area contributed by atoms with Gasteiger partial charge in [-0.2, -0.15) is 0 Å². The minimum atomic E-state index is -3.28. The van der Waals surface area contributed by atoms with Crippen LogP contribution in [0.4, 0.5) is 5.69 Å². The molecule has 0 fully saturated rings. The summed E-state index contributed by atoms with van der Waals surface area (Å²) in [7, 11) is -1.80. The average molecular weight is 272 g/mol. The van der Waals surface area contributed by atoms with Gasteiger partial charge in [0.15, 0.2) is 0 Å². The summed E-state index contributed by atoms with van der Waals surface area (Å²) in [5, 5.41) is 10.6. The average Bonchev–Trinajstić information content (AvgIpc) is 2.29. The van der Waals surface area contributed by atoms with E-state index in [1.54, 1.807) is 19.1 Å². The van der Waals surface area contributed by atoms with Gasteiger partial charge in [-0.1, -0.05) is 19.1 Å². The molecule has 0 N–H and O–H groups in total. The van der Waals surface area contributed by atoms with Gasteiger partial charge in [0.25, 0.3) is 5.69 Å². The quantitative estimate of drug-likeness (QED) is 0.584. The topological polar surface area (TPSA) is 80.5 Å². The molecule has 1 aromatic rings. The van der Waals surface area contributed by atoms with Crippen molar-refractivity contribution in [2.24, 2.45) is 0 Å². The normalized spacial score (nSPS) is 11.7. The van der Waals surface area contributed by atoms with Crippen LogP contribution in [-0.4, -0.2) is 30.4 Å². The molecule has 0 radical (unpaired) electrons. The van der Waals surface area contributed by atoms with Crippen LogP contribution in [0.3, 0.4) is 0 Å². The molecule has 0 bridgehead atoms. The predicted octanol–water partition coefficient (Wildman–Crippen LogP) is 1.77. The van der Waals surface area contributed by atoms with Crippen LogP contribution in [0.25, 0.3) is 0 Å². The molecule has 1 rings (SSSR count). The van der Waals surface area contributed by atoms with Crippen molar-refractivity contribution in [1.29, 1.82) is 0 Å². The van der Waals surface area contributed by atoms with Crippen molar-refractivity contribution in [2.45, 2.75) is 19.9 Å². The van der Waals surface area contributed by atoms with E-state index in [2.05, 4.69) is 0 Å². The Morgan fingerprint density at radius 1 is 1.39 bits per heavy atom. The molecule has 100 valence electrons. The van der Waals surface area contributed by atoms with Gasteiger partial charge in [-0.3, -0.25) is 10.1 Å². The van der Waals surface area contributed by atoms with Crippen LogP contribution in [0.1, 0.15) is 18.9 Å². The smallest absolute Gasteiger partial charge is 0.258 e. The van der Waals surface area contributed by atoms with Crippen LogP contribution in [0.5, 0.6) is 0 Å². The zero-order valence-corrected chi connectivity index (χ0v) is 11.2. The Bertz CT molecular complexity index is 528. The molecule has 0 aliphatic rings. The van der Waals surface area contributed by atoms with Gasteiger partial charge in [-0.05, 0) is 12.0 Å². The molecular weight excluding hydrogens is 256 g/mol. The highest BCUT2D eigenvalue weighted by atomic mass is 32.2. The summed E-state index contributed by atoms with van der Waals surface area (Å²) in [5.74, 6) is 0.0818. The Morgan fingerprint density at radius 2 is 2.06 bits per heavy atom. The molecule has 6 nitrogen and oxygen atoms in total. The first-order valence-corrected chi connectivity index (χ1v) is 7.15. The zero-order chi connectivity index (χ0) is 13.8. The second kappa shape index (κ2) is 5.92. The van der Waals surface area contributed by atoms with Crippen molar-refractivity contribution in [3.63, 3.8) is 0 Å². The van der Waals surface area contributed by atoms with E-state index in [0.717, 1.165) is 0 Å². The van der Waals surface area contributed by atoms with E-state index in [9.17, 15) is 18.5 Å². The maximum Gasteiger partial charge on any atom is 0.269 e. The van der Waals surface area contributed by atoms with Gasteiger partial charge >= 0.3 is 0 Å². The highest BCUT2D eigenvalue weighted by Gasteiger charge is 2.17. The van der Waals surface area contributed by atoms with E-state index >= 15 is 0 Å². The summed E-state index contributed by atoms with van der Waals surface area (Å²) in [6.45, 7) is 1.93. The van der Waals surface area contributed by atoms with E-state index in [0.29, 0.717) is 12.0 Å². The molecule has 0 saturated carbocycles. The molecule has 0 aliphatic heterocycles. The number of benzene rings is 1. The number of nitrogens with zero attached hydrogens (tertiary/aromatic N) is 2. The summed E-state index contributed by atoms with van der Waals surface area (Å²) in [4.78, 5) is 10.1. The van der Waals surface area contributed by atoms with Crippen molar-refractivity contribution in [1.82, 2.24) is 4.31 Å². The standard InChI is InChI=1S/C11H16N2O4S/c1-3-7-18(16,17)12(2)9-10-5-4-6-11(8-10)13(14)15/h4-6,8H,3,7,9H2,1-2H3. The molecular formula is C11H16N2O4S. The van der Waals surface area contributed by atoms with Crippen molar-refractivity contribution < 1.29 is 13.3 Å². The van der Waals surface area contributed by atoms with Crippen molar-refractivity contribution >= 4 is 15.7 Å². The van der Waals surface area contributed by atoms with Gasteiger partial charge in [0.2, 0.25) is 10.0 Å². The summed E-state index contributed by atoms with van der Waals surface area (Å²) in [6, 6.07) is 5.99. The monoisotopic (exact) mass is 272 g/mol. The fraction of sp³-hybridized carbons (Fsp3) is 0.455. The Morgan fingerprint density at radius 3 is 2.61 bits per heavy atom. The second-order valence-corrected chi connectivity index (χ2v) is 6.19. The number of nitro benzene ring substituents is 1. The fourth-order valence-electron chi connectivity index (χ4n) is 1.54. The Hall–Kier alpha value is -1.47. The lowest BCUT2D eigenvalue weighted by molar-refractivity contribution is -0.384. The molecule has 0 saturated heterocycles. The first-order chi connectivity index (χ1) is 8.36. The number of sulfonamides is 1. The summed E-state index contributed by atoms with van der Waals surface area (Å²) in [5.41, 5.74) is 0.570. The Balaban J connectivity index is 2.85. The third-order valence-electron chi connectivity index (χ3n) is 2.46. The van der Waals surface area contributed by atoms with Gasteiger partial charge < -0.3 is 0 Å². The lowest BCUT2D eigenvalue weighted by Crippen LogP contribution is -2.28. The minimum Gasteiger partial charge on any atom is -0.258 e. The van der Waals surface area contributed by atoms with Crippen molar-refractivity contribution in [3.8, 4) is 0 Å². The van der Waals surface area contributed by atoms with Crippen LogP contribution in [-0.2, 0) is 16.6 Å². The molecule has 0 aromatic heterocycles. The van der Waals surface area contributed by atoms with Crippen LogP contribution < -0.4 is 0 Å². The zero-order valence-electron chi connectivity index (χ0n) is 10.4. The molecule has 0 atom stereocenters. The number of non-ortho nitro benzene ring substituents is 1. The largest absolute Gasteiger partial charge is 0.269 e. The number of rotatable bonds is 6. The van der Waals surface area contributed by atoms with Crippen molar-refractivity contribution in [2.75, 3.05) is 12.8 Å². The summed E-state index contributed by atoms with van der Waals surface area (Å²) in [6.07, 6.45) is 0.543. The second-order valence-electron chi connectivity index (χ2n) is 4.00. The van der Waals surface area contributed by atoms with E-state index in [1.807, 2.05) is 0 Å². The third-order valence-corrected chi connectivity index (χ3v) is 4.47. The Labute approximate surface area is 106 Å². The molecule has 18 heavy (non-hydrogen) atoms. The van der Waals surface area contributed by atoms with Crippen LogP contribution in [0, 0.1) is 10.1 Å². The number of nitro groups is 1. The first kappa shape index (κ1) is 14.6. The van der Waals surface area contributed by atoms with Crippen LogP contribution in [0.2, 0.25) is 0 Å². The van der Waals surface area contributed by atoms with Crippen molar-refractivity contribution in [3.05, 3.63) is 39.9 Å². The van der Waals surface area contributed by atoms with Gasteiger partial charge in [-0.25, -0.2) is 12.7 Å². The van der Waals surface area contributed by atoms with Gasteiger partial charge in [0, 0.05) is 25.7 Å². The SMILES string of the molecule is CCCS(=O)(=O)N(C)Cc1cccc([N+](=O)[O-])c1. The third kappa shape index (κ3) is 3.78. The van der Waals surface area contributed by atoms with Crippen LogP contribution in [0.15, 0.2) is 24.3 Å². The van der Waals surface area contributed by atoms with E-state index in [-0.39, 0.29) is 18.0 Å². The lowest BCUT2D eigenvalue weighted by atomic mass is 10.2. The van der Waals surface area contributed by atoms with E-state index in [4.69, 9.17) is 0 Å². The highest BCUT2D eigenvalue weighted by molar-refractivity contribution is 7.89. The van der Waals surface area contributed by atoms with Gasteiger partial charge in [0.1, 0.15) is 0 Å². The van der Waals surface area contributed by atoms with E-state index in [1.165, 1.54) is 23.5 Å². The molecule has 7 heteroatoms. The molecule has 1 aromatic carbocycles. The first-order valence-electron chi connectivity index (χ1n) is 5.54. The summed E-state index contributed by atoms with van der Waals surface area (Å²) >= 11 is 0. The number of hydrogen-bond donors (Lipinski definition) is 0. The van der Waals surface area contributed by atoms with E-state index < -0.39 is 14.9 Å². The molecule has 0 amide bonds. The number of hydrogen-bond acceptors (Lipinski definition) is 4.